The highest BCUT2D eigenvalue weighted by molar-refractivity contribution is 7.20. The molecule has 1 N–H and O–H groups in total. The highest BCUT2D eigenvalue weighted by Crippen LogP contribution is 2.40. The number of halogens is 4. The lowest BCUT2D eigenvalue weighted by molar-refractivity contribution is 0.0985. The predicted octanol–water partition coefficient (Wildman–Crippen LogP) is 8.50. The molecule has 0 radical (unpaired) electrons. The van der Waals surface area contributed by atoms with E-state index in [2.05, 4.69) is 0 Å². The number of hydrogen-bond donors (Lipinski definition) is 1. The van der Waals surface area contributed by atoms with Gasteiger partial charge in [-0.3, -0.25) is 14.4 Å². The number of rotatable bonds is 6. The van der Waals surface area contributed by atoms with Crippen LogP contribution in [0.15, 0.2) is 108 Å². The molecule has 0 bridgehead atoms. The van der Waals surface area contributed by atoms with Crippen molar-refractivity contribution in [3.05, 3.63) is 196 Å². The minimum absolute atomic E-state index is 0.0416. The van der Waals surface area contributed by atoms with Gasteiger partial charge in [-0.15, -0.1) is 22.7 Å². The van der Waals surface area contributed by atoms with E-state index in [9.17, 15) is 46.6 Å². The molecule has 4 aromatic carbocycles. The fraction of sp³-hybridized carbons (Fsp3) is 0.0926. The first kappa shape index (κ1) is 43.2. The van der Waals surface area contributed by atoms with E-state index in [1.54, 1.807) is 12.1 Å². The van der Waals surface area contributed by atoms with E-state index in [1.165, 1.54) is 44.0 Å². The first-order valence-corrected chi connectivity index (χ1v) is 23.4. The molecule has 0 amide bonds. The summed E-state index contributed by atoms with van der Waals surface area (Å²) in [6.07, 6.45) is 7.68. The quantitative estimate of drug-likeness (QED) is 0.0997. The maximum absolute atomic E-state index is 14.3. The van der Waals surface area contributed by atoms with Gasteiger partial charge in [0.2, 0.25) is 0 Å². The molecule has 8 aromatic rings. The van der Waals surface area contributed by atoms with E-state index in [1.807, 2.05) is 85.0 Å². The summed E-state index contributed by atoms with van der Waals surface area (Å²) in [4.78, 5) is 69.6. The summed E-state index contributed by atoms with van der Waals surface area (Å²) in [6.45, 7) is -0.0894. The normalized spacial score (nSPS) is 18.1. The Bertz CT molecular complexity index is 3990. The molecule has 10 nitrogen and oxygen atoms in total. The largest absolute Gasteiger partial charge is 0.444 e. The lowest BCUT2D eigenvalue weighted by atomic mass is 9.84. The van der Waals surface area contributed by atoms with Gasteiger partial charge >= 0.3 is 12.2 Å². The molecule has 4 aliphatic carbocycles. The number of ketones is 3. The average molecular weight is 975 g/mol. The Morgan fingerprint density at radius 2 is 1.01 bits per heavy atom. The molecule has 0 spiro atoms. The first-order chi connectivity index (χ1) is 33.8. The number of benzene rings is 4. The minimum atomic E-state index is -1.52. The Hall–Kier alpha value is -8.05. The molecule has 4 aromatic heterocycles. The predicted molar refractivity (Wildman–Crippen MR) is 254 cm³/mol. The number of fused-ring (bicyclic) bond motifs is 9. The van der Waals surface area contributed by atoms with Crippen LogP contribution in [0.1, 0.15) is 63.6 Å². The van der Waals surface area contributed by atoms with E-state index in [0.29, 0.717) is 63.5 Å². The standard InChI is InChI=1S/C54H30F4N2O8S2/c55-39-19-31-32(20-40(39)56)48(62)37(47(31)61)15-29-17-45-51(69-29)35-11-28-14-44-36(12-27(28)13-43(35)59(45)53(65)67-23-25-7-3-1-4-8-25)52-46(60(44)54(66)68-24-26-9-5-2-6-10-26)18-30(70-52)16-38-49(63)33-21-41(57)42(58)22-34(33)50(38)64/h1-22,27-28,47,61H,23-24H2/b37-15-. The van der Waals surface area contributed by atoms with Crippen LogP contribution in [0.2, 0.25) is 0 Å². The third-order valence-electron chi connectivity index (χ3n) is 12.9. The summed E-state index contributed by atoms with van der Waals surface area (Å²) in [5, 5.41) is 13.5. The number of aliphatic hydroxyl groups is 1. The molecule has 344 valence electrons. The molecule has 4 aliphatic rings. The summed E-state index contributed by atoms with van der Waals surface area (Å²) in [6, 6.07) is 24.6. The van der Waals surface area contributed by atoms with E-state index < -0.39 is 64.8 Å². The second-order valence-electron chi connectivity index (χ2n) is 17.1. The summed E-state index contributed by atoms with van der Waals surface area (Å²) in [7, 11) is 0. The van der Waals surface area contributed by atoms with Gasteiger partial charge in [-0.25, -0.2) is 36.3 Å². The molecule has 12 rings (SSSR count). The lowest BCUT2D eigenvalue weighted by Gasteiger charge is -2.21. The second-order valence-corrected chi connectivity index (χ2v) is 19.3. The van der Waals surface area contributed by atoms with E-state index in [0.717, 1.165) is 23.3 Å². The van der Waals surface area contributed by atoms with E-state index >= 15 is 0 Å². The zero-order valence-corrected chi connectivity index (χ0v) is 37.5. The van der Waals surface area contributed by atoms with Crippen LogP contribution in [0.5, 0.6) is 0 Å². The molecular formula is C54H30F4N2O8S2. The van der Waals surface area contributed by atoms with Crippen LogP contribution < -0.4 is 21.1 Å². The van der Waals surface area contributed by atoms with Crippen molar-refractivity contribution < 1.29 is 56.1 Å². The number of ether oxygens (including phenoxy) is 2. The fourth-order valence-electron chi connectivity index (χ4n) is 9.61. The molecule has 0 saturated heterocycles. The third-order valence-corrected chi connectivity index (χ3v) is 15.1. The van der Waals surface area contributed by atoms with E-state index in [4.69, 9.17) is 9.47 Å². The number of Topliss-reactive ketones (excluding diaryl/α,β-unsaturated/α-hetero) is 3. The van der Waals surface area contributed by atoms with Crippen molar-refractivity contribution >= 4 is 109 Å². The number of thiophene rings is 2. The van der Waals surface area contributed by atoms with Crippen LogP contribution in [0.4, 0.5) is 27.2 Å². The molecule has 70 heavy (non-hydrogen) atoms. The van der Waals surface area contributed by atoms with Gasteiger partial charge in [0.1, 0.15) is 19.3 Å². The van der Waals surface area contributed by atoms with Crippen molar-refractivity contribution in [3.63, 3.8) is 0 Å². The summed E-state index contributed by atoms with van der Waals surface area (Å²) in [5.74, 6) is -7.88. The molecule has 0 saturated carbocycles. The second kappa shape index (κ2) is 16.3. The van der Waals surface area contributed by atoms with Gasteiger partial charge in [-0.2, -0.15) is 0 Å². The van der Waals surface area contributed by atoms with Crippen molar-refractivity contribution in [3.8, 4) is 0 Å². The number of aromatic nitrogens is 2. The van der Waals surface area contributed by atoms with Gasteiger partial charge in [0.05, 0.1) is 36.7 Å². The highest BCUT2D eigenvalue weighted by atomic mass is 32.1. The average Bonchev–Trinajstić information content (AvgIpc) is 4.18. The van der Waals surface area contributed by atoms with Crippen LogP contribution in [0.25, 0.3) is 56.9 Å². The van der Waals surface area contributed by atoms with Gasteiger partial charge < -0.3 is 14.6 Å². The van der Waals surface area contributed by atoms with Crippen molar-refractivity contribution in [1.29, 1.82) is 0 Å². The Morgan fingerprint density at radius 3 is 1.50 bits per heavy atom. The van der Waals surface area contributed by atoms with Crippen molar-refractivity contribution in [1.82, 2.24) is 9.13 Å². The third kappa shape index (κ3) is 6.89. The number of hydrogen-bond acceptors (Lipinski definition) is 10. The number of nitrogens with zero attached hydrogens (tertiary/aromatic N) is 2. The first-order valence-electron chi connectivity index (χ1n) is 21.7. The topological polar surface area (TPSA) is 134 Å². The molecular weight excluding hydrogens is 945 g/mol. The van der Waals surface area contributed by atoms with Gasteiger partial charge in [0.25, 0.3) is 0 Å². The number of carbonyl (C=O) groups excluding carboxylic acids is 5. The Kier molecular flexibility index (Phi) is 10.1. The van der Waals surface area contributed by atoms with Crippen LogP contribution in [-0.4, -0.2) is 43.8 Å². The summed E-state index contributed by atoms with van der Waals surface area (Å²) >= 11 is 2.44. The lowest BCUT2D eigenvalue weighted by Crippen LogP contribution is -2.42. The minimum Gasteiger partial charge on any atom is -0.444 e. The number of allylic oxidation sites excluding steroid dienone is 1. The molecule has 3 atom stereocenters. The Morgan fingerprint density at radius 1 is 0.571 bits per heavy atom. The zero-order chi connectivity index (χ0) is 48.3. The van der Waals surface area contributed by atoms with Crippen molar-refractivity contribution in [2.75, 3.05) is 0 Å². The highest BCUT2D eigenvalue weighted by Gasteiger charge is 2.37. The zero-order valence-electron chi connectivity index (χ0n) is 35.9. The van der Waals surface area contributed by atoms with Gasteiger partial charge in [0.15, 0.2) is 40.6 Å². The van der Waals surface area contributed by atoms with Crippen LogP contribution in [0.3, 0.4) is 0 Å². The SMILES string of the molecule is O=C1C(=Cc2cc3c(s2)c2c(n3C(=O)OCc3ccccc3)=CC3C=c4c(n(C(=O)OCc5ccccc5)c5cc(/C=C6\C(=O)c7cc(F)c(F)cc7C6O)sc45)=CC3C=2)C(=O)c2cc(F)c(F)cc21. The Labute approximate surface area is 399 Å². The number of carbonyl (C=O) groups is 5. The number of aliphatic hydroxyl groups excluding tert-OH is 1. The smallest absolute Gasteiger partial charge is 0.419 e. The molecule has 0 fully saturated rings. The van der Waals surface area contributed by atoms with Gasteiger partial charge in [0, 0.05) is 54.3 Å². The summed E-state index contributed by atoms with van der Waals surface area (Å²) < 4.78 is 72.6. The molecule has 3 unspecified atom stereocenters. The molecule has 4 heterocycles. The van der Waals surface area contributed by atoms with Gasteiger partial charge in [-0.05, 0) is 65.2 Å². The molecule has 16 heteroatoms. The van der Waals surface area contributed by atoms with Crippen LogP contribution in [0, 0.1) is 35.1 Å². The van der Waals surface area contributed by atoms with Crippen LogP contribution in [-0.2, 0) is 22.7 Å². The van der Waals surface area contributed by atoms with E-state index in [-0.39, 0.29) is 52.5 Å². The monoisotopic (exact) mass is 974 g/mol. The maximum Gasteiger partial charge on any atom is 0.419 e. The fourth-order valence-corrected chi connectivity index (χ4v) is 11.9. The van der Waals surface area contributed by atoms with Crippen molar-refractivity contribution in [2.45, 2.75) is 19.3 Å². The Balaban J connectivity index is 0.991. The molecule has 0 aliphatic heterocycles. The van der Waals surface area contributed by atoms with Gasteiger partial charge in [-0.1, -0.05) is 85.0 Å². The summed E-state index contributed by atoms with van der Waals surface area (Å²) in [5.41, 5.74) is 1.29. The van der Waals surface area contributed by atoms with Crippen LogP contribution >= 0.6 is 22.7 Å². The van der Waals surface area contributed by atoms with Crippen molar-refractivity contribution in [2.24, 2.45) is 11.8 Å². The maximum atomic E-state index is 14.3.